The van der Waals surface area contributed by atoms with Gasteiger partial charge in [0.15, 0.2) is 0 Å². The van der Waals surface area contributed by atoms with E-state index in [0.717, 1.165) is 21.3 Å². The Morgan fingerprint density at radius 1 is 1.28 bits per heavy atom. The van der Waals surface area contributed by atoms with E-state index in [1.54, 1.807) is 12.4 Å². The molecule has 0 amide bonds. The molecule has 4 heteroatoms. The summed E-state index contributed by atoms with van der Waals surface area (Å²) in [5.74, 6) is 0.751. The summed E-state index contributed by atoms with van der Waals surface area (Å²) in [5.41, 5.74) is 1.83. The quantitative estimate of drug-likeness (QED) is 0.878. The molecule has 18 heavy (non-hydrogen) atoms. The Kier molecular flexibility index (Phi) is 3.06. The molecule has 1 aliphatic heterocycles. The van der Waals surface area contributed by atoms with Crippen LogP contribution in [0.25, 0.3) is 0 Å². The third kappa shape index (κ3) is 2.13. The Morgan fingerprint density at radius 2 is 2.11 bits per heavy atom. The molecule has 3 nitrogen and oxygen atoms in total. The Labute approximate surface area is 114 Å². The van der Waals surface area contributed by atoms with Gasteiger partial charge in [0.1, 0.15) is 11.9 Å². The number of rotatable bonds is 1. The molecule has 0 radical (unpaired) electrons. The molecule has 1 aromatic carbocycles. The van der Waals surface area contributed by atoms with Crippen molar-refractivity contribution in [2.45, 2.75) is 18.6 Å². The number of ether oxygens (including phenoxy) is 1. The number of fused-ring (bicyclic) bond motifs is 1. The van der Waals surface area contributed by atoms with Crippen LogP contribution in [0.1, 0.15) is 29.8 Å². The molecule has 2 aromatic rings. The molecule has 0 bridgehead atoms. The fourth-order valence-corrected chi connectivity index (χ4v) is 2.59. The van der Waals surface area contributed by atoms with Crippen LogP contribution in [0.4, 0.5) is 0 Å². The summed E-state index contributed by atoms with van der Waals surface area (Å²) < 4.78 is 6.84. The molecule has 0 fully saturated rings. The number of nitrogens with zero attached hydrogens (tertiary/aromatic N) is 1. The number of aliphatic hydroxyl groups excluding tert-OH is 1. The lowest BCUT2D eigenvalue weighted by molar-refractivity contribution is 0.0655. The van der Waals surface area contributed by atoms with Crippen LogP contribution in [0.15, 0.2) is 47.2 Å². The summed E-state index contributed by atoms with van der Waals surface area (Å²) in [7, 11) is 0. The molecule has 2 atom stereocenters. The fourth-order valence-electron chi connectivity index (χ4n) is 2.20. The zero-order chi connectivity index (χ0) is 12.5. The number of hydrogen-bond donors (Lipinski definition) is 1. The molecular weight excluding hydrogens is 294 g/mol. The van der Waals surface area contributed by atoms with Gasteiger partial charge >= 0.3 is 0 Å². The highest BCUT2D eigenvalue weighted by Gasteiger charge is 2.27. The highest BCUT2D eigenvalue weighted by atomic mass is 79.9. The Morgan fingerprint density at radius 3 is 2.94 bits per heavy atom. The molecular formula is C14H12BrNO2. The first kappa shape index (κ1) is 11.7. The monoisotopic (exact) mass is 305 g/mol. The third-order valence-corrected chi connectivity index (χ3v) is 3.52. The van der Waals surface area contributed by atoms with Crippen LogP contribution in [0.5, 0.6) is 5.75 Å². The molecule has 1 aromatic heterocycles. The van der Waals surface area contributed by atoms with E-state index in [1.807, 2.05) is 30.3 Å². The maximum Gasteiger partial charge on any atom is 0.128 e. The number of pyridine rings is 1. The third-order valence-electron chi connectivity index (χ3n) is 3.08. The normalized spacial score (nSPS) is 22.1. The summed E-state index contributed by atoms with van der Waals surface area (Å²) in [6.07, 6.45) is 3.42. The second-order valence-corrected chi connectivity index (χ2v) is 5.25. The van der Waals surface area contributed by atoms with E-state index in [1.165, 1.54) is 0 Å². The van der Waals surface area contributed by atoms with E-state index < -0.39 is 6.10 Å². The second kappa shape index (κ2) is 4.71. The minimum Gasteiger partial charge on any atom is -0.485 e. The molecule has 1 aliphatic rings. The average Bonchev–Trinajstić information content (AvgIpc) is 2.39. The van der Waals surface area contributed by atoms with Crippen molar-refractivity contribution < 1.29 is 9.84 Å². The molecule has 92 valence electrons. The van der Waals surface area contributed by atoms with E-state index in [0.29, 0.717) is 6.42 Å². The van der Waals surface area contributed by atoms with Crippen molar-refractivity contribution in [3.63, 3.8) is 0 Å². The summed E-state index contributed by atoms with van der Waals surface area (Å²) >= 11 is 3.40. The minimum atomic E-state index is -0.487. The van der Waals surface area contributed by atoms with Crippen LogP contribution in [0.2, 0.25) is 0 Å². The van der Waals surface area contributed by atoms with Gasteiger partial charge < -0.3 is 9.84 Å². The van der Waals surface area contributed by atoms with Crippen LogP contribution in [0, 0.1) is 0 Å². The molecule has 1 unspecified atom stereocenters. The average molecular weight is 306 g/mol. The number of aromatic nitrogens is 1. The van der Waals surface area contributed by atoms with Crippen molar-refractivity contribution in [1.82, 2.24) is 4.98 Å². The molecule has 1 N–H and O–H groups in total. The standard InChI is InChI=1S/C14H12BrNO2/c15-10-5-9(7-16-8-10)14-6-12(17)11-3-1-2-4-13(11)18-14/h1-5,7-8,12,14,17H,6H2/t12-,14?/m0/s1. The lowest BCUT2D eigenvalue weighted by Gasteiger charge is -2.29. The van der Waals surface area contributed by atoms with Crippen LogP contribution in [-0.2, 0) is 0 Å². The van der Waals surface area contributed by atoms with Crippen molar-refractivity contribution in [3.8, 4) is 5.75 Å². The van der Waals surface area contributed by atoms with Crippen LogP contribution >= 0.6 is 15.9 Å². The van der Waals surface area contributed by atoms with Gasteiger partial charge in [-0.15, -0.1) is 0 Å². The fraction of sp³-hybridized carbons (Fsp3) is 0.214. The highest BCUT2D eigenvalue weighted by Crippen LogP contribution is 2.40. The highest BCUT2D eigenvalue weighted by molar-refractivity contribution is 9.10. The first-order valence-corrected chi connectivity index (χ1v) is 6.57. The van der Waals surface area contributed by atoms with Crippen molar-refractivity contribution in [2.24, 2.45) is 0 Å². The second-order valence-electron chi connectivity index (χ2n) is 4.33. The summed E-state index contributed by atoms with van der Waals surface area (Å²) in [4.78, 5) is 4.13. The smallest absolute Gasteiger partial charge is 0.128 e. The maximum absolute atomic E-state index is 10.2. The Hall–Kier alpha value is -1.39. The molecule has 0 saturated heterocycles. The topological polar surface area (TPSA) is 42.4 Å². The maximum atomic E-state index is 10.2. The number of halogens is 1. The molecule has 0 spiro atoms. The van der Waals surface area contributed by atoms with Gasteiger partial charge in [0.05, 0.1) is 6.10 Å². The van der Waals surface area contributed by atoms with Crippen LogP contribution in [0.3, 0.4) is 0 Å². The van der Waals surface area contributed by atoms with Gasteiger partial charge in [0.2, 0.25) is 0 Å². The number of benzene rings is 1. The lowest BCUT2D eigenvalue weighted by Crippen LogP contribution is -2.19. The van der Waals surface area contributed by atoms with Crippen molar-refractivity contribution in [1.29, 1.82) is 0 Å². The van der Waals surface area contributed by atoms with Gasteiger partial charge in [-0.3, -0.25) is 4.98 Å². The van der Waals surface area contributed by atoms with Crippen molar-refractivity contribution >= 4 is 15.9 Å². The van der Waals surface area contributed by atoms with Gasteiger partial charge in [0.25, 0.3) is 0 Å². The van der Waals surface area contributed by atoms with E-state index in [-0.39, 0.29) is 6.10 Å². The summed E-state index contributed by atoms with van der Waals surface area (Å²) in [5, 5.41) is 10.2. The largest absolute Gasteiger partial charge is 0.485 e. The van der Waals surface area contributed by atoms with E-state index >= 15 is 0 Å². The first-order chi connectivity index (χ1) is 8.74. The van der Waals surface area contributed by atoms with E-state index in [9.17, 15) is 5.11 Å². The Bertz CT molecular complexity index is 573. The minimum absolute atomic E-state index is 0.153. The van der Waals surface area contributed by atoms with Gasteiger partial charge in [-0.1, -0.05) is 18.2 Å². The molecule has 0 aliphatic carbocycles. The zero-order valence-electron chi connectivity index (χ0n) is 9.58. The molecule has 3 rings (SSSR count). The first-order valence-electron chi connectivity index (χ1n) is 5.78. The predicted octanol–water partition coefficient (Wildman–Crippen LogP) is 3.40. The van der Waals surface area contributed by atoms with Crippen LogP contribution in [-0.4, -0.2) is 10.1 Å². The van der Waals surface area contributed by atoms with E-state index in [2.05, 4.69) is 20.9 Å². The summed E-state index contributed by atoms with van der Waals surface area (Å²) in [6, 6.07) is 9.57. The van der Waals surface area contributed by atoms with E-state index in [4.69, 9.17) is 4.74 Å². The van der Waals surface area contributed by atoms with Gasteiger partial charge in [-0.2, -0.15) is 0 Å². The number of aliphatic hydroxyl groups is 1. The summed E-state index contributed by atoms with van der Waals surface area (Å²) in [6.45, 7) is 0. The zero-order valence-corrected chi connectivity index (χ0v) is 11.2. The van der Waals surface area contributed by atoms with Crippen molar-refractivity contribution in [3.05, 3.63) is 58.3 Å². The number of hydrogen-bond acceptors (Lipinski definition) is 3. The van der Waals surface area contributed by atoms with Gasteiger partial charge in [0, 0.05) is 34.4 Å². The van der Waals surface area contributed by atoms with Gasteiger partial charge in [-0.05, 0) is 28.1 Å². The lowest BCUT2D eigenvalue weighted by atomic mass is 9.96. The van der Waals surface area contributed by atoms with Crippen molar-refractivity contribution in [2.75, 3.05) is 0 Å². The Balaban J connectivity index is 1.94. The number of para-hydroxylation sites is 1. The van der Waals surface area contributed by atoms with Gasteiger partial charge in [-0.25, -0.2) is 0 Å². The SMILES string of the molecule is O[C@H]1CC(c2cncc(Br)c2)Oc2ccccc21. The predicted molar refractivity (Wildman–Crippen MR) is 71.3 cm³/mol. The molecule has 2 heterocycles. The molecule has 0 saturated carbocycles. The van der Waals surface area contributed by atoms with Crippen LogP contribution < -0.4 is 4.74 Å².